The molecule has 8 nitrogen and oxygen atoms in total. The summed E-state index contributed by atoms with van der Waals surface area (Å²) < 4.78 is 23.9. The second kappa shape index (κ2) is 12.2. The van der Waals surface area contributed by atoms with E-state index in [-0.39, 0.29) is 29.0 Å². The number of hydrogen-bond donors (Lipinski definition) is 2. The van der Waals surface area contributed by atoms with Gasteiger partial charge in [0.1, 0.15) is 5.82 Å². The van der Waals surface area contributed by atoms with Crippen LogP contribution in [0.3, 0.4) is 0 Å². The first-order chi connectivity index (χ1) is 17.9. The molecule has 0 aromatic heterocycles. The number of methoxy groups -OCH3 is 1. The molecule has 3 aromatic rings. The predicted octanol–water partition coefficient (Wildman–Crippen LogP) is 4.87. The van der Waals surface area contributed by atoms with Crippen molar-refractivity contribution in [3.8, 4) is 11.5 Å². The minimum atomic E-state index is -0.452. The van der Waals surface area contributed by atoms with Gasteiger partial charge in [0.2, 0.25) is 0 Å². The number of benzene rings is 3. The zero-order chi connectivity index (χ0) is 26.2. The summed E-state index contributed by atoms with van der Waals surface area (Å²) in [6.07, 6.45) is 3.80. The Labute approximate surface area is 219 Å². The summed E-state index contributed by atoms with van der Waals surface area (Å²) in [7, 11) is 1.44. The highest BCUT2D eigenvalue weighted by Crippen LogP contribution is 2.36. The Bertz CT molecular complexity index is 1280. The number of halogens is 2. The largest absolute Gasteiger partial charge is 0.493 e. The van der Waals surface area contributed by atoms with E-state index in [9.17, 15) is 14.0 Å². The van der Waals surface area contributed by atoms with E-state index in [1.165, 1.54) is 50.4 Å². The van der Waals surface area contributed by atoms with E-state index in [0.29, 0.717) is 16.8 Å². The van der Waals surface area contributed by atoms with Crippen molar-refractivity contribution >= 4 is 41.0 Å². The first kappa shape index (κ1) is 26.0. The third-order valence-corrected chi connectivity index (χ3v) is 5.99. The van der Waals surface area contributed by atoms with Crippen molar-refractivity contribution in [2.75, 3.05) is 37.0 Å². The molecule has 2 amide bonds. The van der Waals surface area contributed by atoms with Gasteiger partial charge in [-0.05, 0) is 79.1 Å². The number of nitrogens with zero attached hydrogens (tertiary/aromatic N) is 2. The minimum absolute atomic E-state index is 0.178. The normalized spacial score (nSPS) is 13.0. The van der Waals surface area contributed by atoms with Gasteiger partial charge >= 0.3 is 0 Å². The van der Waals surface area contributed by atoms with Crippen molar-refractivity contribution in [1.29, 1.82) is 0 Å². The van der Waals surface area contributed by atoms with Crippen molar-refractivity contribution in [2.24, 2.45) is 5.10 Å². The summed E-state index contributed by atoms with van der Waals surface area (Å²) in [6.45, 7) is 1.73. The van der Waals surface area contributed by atoms with Gasteiger partial charge in [0.25, 0.3) is 11.8 Å². The number of anilines is 2. The Kier molecular flexibility index (Phi) is 8.58. The molecular formula is C27H26ClFN4O4. The molecule has 0 unspecified atom stereocenters. The predicted molar refractivity (Wildman–Crippen MR) is 141 cm³/mol. The standard InChI is InChI=1S/C27H26ClFN4O4/c1-36-24-15-18(14-23(28)26(24)37-17-25(34)31-21-8-6-20(29)7-9-21)16-30-32-27(35)19-4-10-22(11-5-19)33-12-2-3-13-33/h4-11,14-16H,2-3,12-13,17H2,1H3,(H,31,34)(H,32,35)/b30-16-. The molecule has 192 valence electrons. The molecule has 4 rings (SSSR count). The van der Waals surface area contributed by atoms with Crippen LogP contribution >= 0.6 is 11.6 Å². The van der Waals surface area contributed by atoms with Crippen LogP contribution in [0.5, 0.6) is 11.5 Å². The highest BCUT2D eigenvalue weighted by Gasteiger charge is 2.15. The lowest BCUT2D eigenvalue weighted by atomic mass is 10.2. The van der Waals surface area contributed by atoms with Crippen LogP contribution in [0.15, 0.2) is 65.8 Å². The van der Waals surface area contributed by atoms with E-state index < -0.39 is 11.7 Å². The molecule has 0 atom stereocenters. The van der Waals surface area contributed by atoms with Gasteiger partial charge in [0.15, 0.2) is 18.1 Å². The molecule has 0 radical (unpaired) electrons. The van der Waals surface area contributed by atoms with Gasteiger partial charge < -0.3 is 19.7 Å². The van der Waals surface area contributed by atoms with E-state index in [1.54, 1.807) is 24.3 Å². The molecule has 1 aliphatic rings. The van der Waals surface area contributed by atoms with Crippen LogP contribution in [0, 0.1) is 5.82 Å². The van der Waals surface area contributed by atoms with Crippen molar-refractivity contribution in [1.82, 2.24) is 5.43 Å². The molecule has 0 aliphatic carbocycles. The van der Waals surface area contributed by atoms with Gasteiger partial charge in [-0.25, -0.2) is 9.82 Å². The molecule has 0 saturated carbocycles. The minimum Gasteiger partial charge on any atom is -0.493 e. The average molecular weight is 525 g/mol. The summed E-state index contributed by atoms with van der Waals surface area (Å²) >= 11 is 6.35. The topological polar surface area (TPSA) is 92.3 Å². The SMILES string of the molecule is COc1cc(/C=N\NC(=O)c2ccc(N3CCCC3)cc2)cc(Cl)c1OCC(=O)Nc1ccc(F)cc1. The molecule has 1 aliphatic heterocycles. The number of hydrogen-bond acceptors (Lipinski definition) is 6. The van der Waals surface area contributed by atoms with Gasteiger partial charge in [0, 0.05) is 30.0 Å². The van der Waals surface area contributed by atoms with Gasteiger partial charge in [0.05, 0.1) is 18.3 Å². The summed E-state index contributed by atoms with van der Waals surface area (Å²) in [5.41, 5.74) is 5.09. The fourth-order valence-electron chi connectivity index (χ4n) is 3.85. The zero-order valence-electron chi connectivity index (χ0n) is 20.2. The number of hydrazone groups is 1. The molecule has 3 aromatic carbocycles. The maximum Gasteiger partial charge on any atom is 0.271 e. The van der Waals surface area contributed by atoms with E-state index in [1.807, 2.05) is 12.1 Å². The van der Waals surface area contributed by atoms with Crippen LogP contribution in [0.4, 0.5) is 15.8 Å². The van der Waals surface area contributed by atoms with Gasteiger partial charge in [-0.15, -0.1) is 0 Å². The zero-order valence-corrected chi connectivity index (χ0v) is 20.9. The van der Waals surface area contributed by atoms with Crippen molar-refractivity contribution in [2.45, 2.75) is 12.8 Å². The van der Waals surface area contributed by atoms with Gasteiger partial charge in [-0.3, -0.25) is 9.59 Å². The maximum atomic E-state index is 13.0. The number of carbonyl (C=O) groups is 2. The van der Waals surface area contributed by atoms with Crippen LogP contribution in [0.25, 0.3) is 0 Å². The fourth-order valence-corrected chi connectivity index (χ4v) is 4.13. The molecule has 1 fully saturated rings. The molecule has 1 heterocycles. The highest BCUT2D eigenvalue weighted by atomic mass is 35.5. The van der Waals surface area contributed by atoms with Crippen molar-refractivity contribution in [3.63, 3.8) is 0 Å². The third kappa shape index (κ3) is 6.98. The third-order valence-electron chi connectivity index (χ3n) is 5.71. The van der Waals surface area contributed by atoms with Crippen molar-refractivity contribution < 1.29 is 23.5 Å². The Hall–Kier alpha value is -4.11. The van der Waals surface area contributed by atoms with Gasteiger partial charge in [-0.2, -0.15) is 5.10 Å². The summed E-state index contributed by atoms with van der Waals surface area (Å²) in [5.74, 6) is -0.730. The summed E-state index contributed by atoms with van der Waals surface area (Å²) in [6, 6.07) is 16.0. The van der Waals surface area contributed by atoms with Crippen molar-refractivity contribution in [3.05, 3.63) is 82.6 Å². The van der Waals surface area contributed by atoms with Crippen LogP contribution in [-0.2, 0) is 4.79 Å². The lowest BCUT2D eigenvalue weighted by Crippen LogP contribution is -2.20. The molecule has 37 heavy (non-hydrogen) atoms. The molecule has 10 heteroatoms. The van der Waals surface area contributed by atoms with E-state index in [4.69, 9.17) is 21.1 Å². The number of amides is 2. The highest BCUT2D eigenvalue weighted by molar-refractivity contribution is 6.32. The smallest absolute Gasteiger partial charge is 0.271 e. The molecule has 0 spiro atoms. The molecule has 1 saturated heterocycles. The number of carbonyl (C=O) groups excluding carboxylic acids is 2. The quantitative estimate of drug-likeness (QED) is 0.308. The Balaban J connectivity index is 1.33. The monoisotopic (exact) mass is 524 g/mol. The Morgan fingerprint density at radius 1 is 1.08 bits per heavy atom. The maximum absolute atomic E-state index is 13.0. The number of rotatable bonds is 9. The Morgan fingerprint density at radius 2 is 1.78 bits per heavy atom. The lowest BCUT2D eigenvalue weighted by Gasteiger charge is -2.17. The van der Waals surface area contributed by atoms with E-state index in [2.05, 4.69) is 20.7 Å². The lowest BCUT2D eigenvalue weighted by molar-refractivity contribution is -0.118. The van der Waals surface area contributed by atoms with E-state index >= 15 is 0 Å². The van der Waals surface area contributed by atoms with Crippen LogP contribution < -0.4 is 25.1 Å². The fraction of sp³-hybridized carbons (Fsp3) is 0.222. The van der Waals surface area contributed by atoms with Crippen LogP contribution in [0.1, 0.15) is 28.8 Å². The second-order valence-corrected chi connectivity index (χ2v) is 8.73. The molecular weight excluding hydrogens is 499 g/mol. The molecule has 2 N–H and O–H groups in total. The molecule has 0 bridgehead atoms. The first-order valence-electron chi connectivity index (χ1n) is 11.7. The van der Waals surface area contributed by atoms with E-state index in [0.717, 1.165) is 18.8 Å². The van der Waals surface area contributed by atoms with Crippen LogP contribution in [-0.4, -0.2) is 44.8 Å². The second-order valence-electron chi connectivity index (χ2n) is 8.32. The Morgan fingerprint density at radius 3 is 2.46 bits per heavy atom. The summed E-state index contributed by atoms with van der Waals surface area (Å²) in [5, 5.41) is 6.80. The number of nitrogens with one attached hydrogen (secondary N) is 2. The van der Waals surface area contributed by atoms with Gasteiger partial charge in [-0.1, -0.05) is 11.6 Å². The van der Waals surface area contributed by atoms with Crippen LogP contribution in [0.2, 0.25) is 5.02 Å². The average Bonchev–Trinajstić information content (AvgIpc) is 3.44. The first-order valence-corrected chi connectivity index (χ1v) is 12.0. The number of ether oxygens (including phenoxy) is 2. The summed E-state index contributed by atoms with van der Waals surface area (Å²) in [4.78, 5) is 26.9.